The first-order valence-corrected chi connectivity index (χ1v) is 18.6. The normalized spacial score (nSPS) is 12.1. The van der Waals surface area contributed by atoms with Gasteiger partial charge in [-0.1, -0.05) is 182 Å². The smallest absolute Gasteiger partial charge is 0.0979 e. The molecular formula is C52H30N2. The monoisotopic (exact) mass is 682 g/mol. The van der Waals surface area contributed by atoms with E-state index >= 15 is 0 Å². The molecule has 0 aliphatic carbocycles. The van der Waals surface area contributed by atoms with Crippen LogP contribution in [0.2, 0.25) is 0 Å². The summed E-state index contributed by atoms with van der Waals surface area (Å²) in [5.74, 6) is 0. The molecule has 248 valence electrons. The summed E-state index contributed by atoms with van der Waals surface area (Å²) in [4.78, 5) is 11.4. The molecule has 0 saturated carbocycles. The zero-order valence-electron chi connectivity index (χ0n) is 29.2. The minimum Gasteiger partial charge on any atom is -0.243 e. The van der Waals surface area contributed by atoms with Gasteiger partial charge in [0, 0.05) is 22.3 Å². The maximum atomic E-state index is 5.69. The second-order valence-electron chi connectivity index (χ2n) is 14.4. The predicted molar refractivity (Wildman–Crippen MR) is 229 cm³/mol. The van der Waals surface area contributed by atoms with E-state index < -0.39 is 0 Å². The first-order chi connectivity index (χ1) is 26.8. The van der Waals surface area contributed by atoms with Crippen molar-refractivity contribution in [3.05, 3.63) is 182 Å². The minimum absolute atomic E-state index is 0.876. The fourth-order valence-electron chi connectivity index (χ4n) is 9.11. The molecule has 0 aliphatic heterocycles. The van der Waals surface area contributed by atoms with Gasteiger partial charge >= 0.3 is 0 Å². The number of fused-ring (bicyclic) bond motifs is 1. The summed E-state index contributed by atoms with van der Waals surface area (Å²) in [6.07, 6.45) is 0. The lowest BCUT2D eigenvalue weighted by Gasteiger charge is -2.19. The van der Waals surface area contributed by atoms with Gasteiger partial charge in [-0.25, -0.2) is 9.97 Å². The SMILES string of the molecule is c1ccc(-c2nc3c(-c4ccc5ccc6cccc7ccc4c5c67)ccc(-c4ccc5ccc6cccc7ccc4c5c67)c3nc2-c2ccccc2)cc1. The van der Waals surface area contributed by atoms with Crippen LogP contribution in [0.1, 0.15) is 0 Å². The van der Waals surface area contributed by atoms with Crippen LogP contribution in [0.25, 0.3) is 120 Å². The van der Waals surface area contributed by atoms with Gasteiger partial charge in [0.15, 0.2) is 0 Å². The number of benzene rings is 11. The third-order valence-electron chi connectivity index (χ3n) is 11.6. The quantitative estimate of drug-likeness (QED) is 0.173. The molecule has 54 heavy (non-hydrogen) atoms. The van der Waals surface area contributed by atoms with Crippen molar-refractivity contribution in [1.29, 1.82) is 0 Å². The largest absolute Gasteiger partial charge is 0.243 e. The van der Waals surface area contributed by atoms with Crippen LogP contribution in [0.15, 0.2) is 182 Å². The lowest BCUT2D eigenvalue weighted by Crippen LogP contribution is -1.99. The Hall–Kier alpha value is -7.16. The summed E-state index contributed by atoms with van der Waals surface area (Å²) in [7, 11) is 0. The second-order valence-corrected chi connectivity index (χ2v) is 14.4. The summed E-state index contributed by atoms with van der Waals surface area (Å²) in [5, 5.41) is 15.2. The molecule has 0 unspecified atom stereocenters. The van der Waals surface area contributed by atoms with E-state index in [4.69, 9.17) is 9.97 Å². The number of aromatic nitrogens is 2. The lowest BCUT2D eigenvalue weighted by atomic mass is 9.87. The Morgan fingerprint density at radius 2 is 0.574 bits per heavy atom. The predicted octanol–water partition coefficient (Wildman–Crippen LogP) is 14.1. The summed E-state index contributed by atoms with van der Waals surface area (Å²) >= 11 is 0. The Bertz CT molecular complexity index is 3160. The molecule has 0 spiro atoms. The van der Waals surface area contributed by atoms with Crippen molar-refractivity contribution in [2.45, 2.75) is 0 Å². The van der Waals surface area contributed by atoms with E-state index in [1.807, 2.05) is 0 Å². The Morgan fingerprint density at radius 1 is 0.241 bits per heavy atom. The van der Waals surface area contributed by atoms with Crippen LogP contribution in [0.3, 0.4) is 0 Å². The van der Waals surface area contributed by atoms with Crippen LogP contribution < -0.4 is 0 Å². The highest BCUT2D eigenvalue weighted by molar-refractivity contribution is 6.28. The van der Waals surface area contributed by atoms with Gasteiger partial charge in [-0.05, 0) is 75.8 Å². The van der Waals surface area contributed by atoms with Gasteiger partial charge in [0.05, 0.1) is 22.4 Å². The summed E-state index contributed by atoms with van der Waals surface area (Å²) in [6.45, 7) is 0. The van der Waals surface area contributed by atoms with Crippen LogP contribution >= 0.6 is 0 Å². The molecule has 0 saturated heterocycles. The Morgan fingerprint density at radius 3 is 0.981 bits per heavy atom. The van der Waals surface area contributed by atoms with E-state index in [0.29, 0.717) is 0 Å². The molecule has 12 aromatic rings. The third kappa shape index (κ3) is 4.17. The highest BCUT2D eigenvalue weighted by atomic mass is 14.8. The van der Waals surface area contributed by atoms with Crippen LogP contribution in [0.4, 0.5) is 0 Å². The number of hydrogen-bond donors (Lipinski definition) is 0. The highest BCUT2D eigenvalue weighted by Gasteiger charge is 2.22. The average Bonchev–Trinajstić information content (AvgIpc) is 3.24. The second kappa shape index (κ2) is 11.2. The molecule has 0 aliphatic rings. The third-order valence-corrected chi connectivity index (χ3v) is 11.6. The maximum absolute atomic E-state index is 5.69. The molecule has 1 aromatic heterocycles. The fraction of sp³-hybridized carbons (Fsp3) is 0. The number of rotatable bonds is 4. The van der Waals surface area contributed by atoms with Crippen molar-refractivity contribution in [1.82, 2.24) is 9.97 Å². The van der Waals surface area contributed by atoms with Crippen molar-refractivity contribution >= 4 is 75.7 Å². The van der Waals surface area contributed by atoms with Gasteiger partial charge in [-0.15, -0.1) is 0 Å². The Labute approximate surface area is 311 Å². The molecular weight excluding hydrogens is 653 g/mol. The maximum Gasteiger partial charge on any atom is 0.0979 e. The van der Waals surface area contributed by atoms with Gasteiger partial charge in [0.1, 0.15) is 0 Å². The zero-order valence-corrected chi connectivity index (χ0v) is 29.2. The van der Waals surface area contributed by atoms with Gasteiger partial charge in [0.25, 0.3) is 0 Å². The standard InChI is InChI=1S/C52H30N2/c1-3-9-37(10-4-1)49-50(38-11-5-2-6-12-38)54-52-44(40-26-22-36-20-18-32-14-8-16-34-24-28-42(40)48(36)46(32)34)30-29-43(51(52)53-49)39-25-21-35-19-17-31-13-7-15-33-23-27-41(39)47(35)45(31)33/h1-30H. The highest BCUT2D eigenvalue weighted by Crippen LogP contribution is 2.46. The lowest BCUT2D eigenvalue weighted by molar-refractivity contribution is 1.29. The van der Waals surface area contributed by atoms with Crippen LogP contribution in [-0.4, -0.2) is 9.97 Å². The van der Waals surface area contributed by atoms with E-state index in [9.17, 15) is 0 Å². The van der Waals surface area contributed by atoms with Crippen molar-refractivity contribution in [3.8, 4) is 44.8 Å². The molecule has 1 heterocycles. The molecule has 0 bridgehead atoms. The molecule has 0 fully saturated rings. The van der Waals surface area contributed by atoms with E-state index in [2.05, 4.69) is 182 Å². The minimum atomic E-state index is 0.876. The topological polar surface area (TPSA) is 25.8 Å². The first kappa shape index (κ1) is 29.4. The molecule has 11 aromatic carbocycles. The van der Waals surface area contributed by atoms with Crippen molar-refractivity contribution in [2.24, 2.45) is 0 Å². The molecule has 0 radical (unpaired) electrons. The van der Waals surface area contributed by atoms with Crippen molar-refractivity contribution in [3.63, 3.8) is 0 Å². The van der Waals surface area contributed by atoms with E-state index in [1.54, 1.807) is 0 Å². The van der Waals surface area contributed by atoms with Gasteiger partial charge in [-0.3, -0.25) is 0 Å². The molecule has 2 nitrogen and oxygen atoms in total. The number of hydrogen-bond acceptors (Lipinski definition) is 2. The van der Waals surface area contributed by atoms with E-state index in [0.717, 1.165) is 55.8 Å². The summed E-state index contributed by atoms with van der Waals surface area (Å²) in [6, 6.07) is 66.0. The molecule has 0 atom stereocenters. The van der Waals surface area contributed by atoms with Crippen LogP contribution in [-0.2, 0) is 0 Å². The molecule has 12 rings (SSSR count). The van der Waals surface area contributed by atoms with Crippen molar-refractivity contribution < 1.29 is 0 Å². The Balaban J connectivity index is 1.22. The molecule has 2 heteroatoms. The molecule has 0 amide bonds. The van der Waals surface area contributed by atoms with Crippen LogP contribution in [0.5, 0.6) is 0 Å². The zero-order chi connectivity index (χ0) is 35.3. The summed E-state index contributed by atoms with van der Waals surface area (Å²) < 4.78 is 0. The average molecular weight is 683 g/mol. The Kier molecular flexibility index (Phi) is 6.09. The summed E-state index contributed by atoms with van der Waals surface area (Å²) in [5.41, 5.74) is 10.1. The number of nitrogens with zero attached hydrogens (tertiary/aromatic N) is 2. The van der Waals surface area contributed by atoms with E-state index in [-0.39, 0.29) is 0 Å². The fourth-order valence-corrected chi connectivity index (χ4v) is 9.11. The first-order valence-electron chi connectivity index (χ1n) is 18.6. The van der Waals surface area contributed by atoms with Gasteiger partial charge in [-0.2, -0.15) is 0 Å². The van der Waals surface area contributed by atoms with Crippen molar-refractivity contribution in [2.75, 3.05) is 0 Å². The van der Waals surface area contributed by atoms with Crippen LogP contribution in [0, 0.1) is 0 Å². The van der Waals surface area contributed by atoms with Gasteiger partial charge in [0.2, 0.25) is 0 Å². The molecule has 0 N–H and O–H groups in total. The van der Waals surface area contributed by atoms with E-state index in [1.165, 1.54) is 64.6 Å². The van der Waals surface area contributed by atoms with Gasteiger partial charge < -0.3 is 0 Å².